The molecule has 0 fully saturated rings. The predicted octanol–water partition coefficient (Wildman–Crippen LogP) is 3.12. The number of likely N-dealkylation sites (N-methyl/N-ethyl adjacent to an activating group) is 1. The van der Waals surface area contributed by atoms with E-state index in [1.54, 1.807) is 0 Å². The van der Waals surface area contributed by atoms with E-state index in [4.69, 9.17) is 9.84 Å². The van der Waals surface area contributed by atoms with E-state index in [-0.39, 0.29) is 12.4 Å². The molecular formula is C14H18F3NO3. The normalized spacial score (nSPS) is 11.7. The van der Waals surface area contributed by atoms with Gasteiger partial charge in [-0.1, -0.05) is 13.8 Å². The molecule has 0 aliphatic rings. The van der Waals surface area contributed by atoms with Gasteiger partial charge in [-0.3, -0.25) is 0 Å². The van der Waals surface area contributed by atoms with Gasteiger partial charge in [-0.2, -0.15) is 13.2 Å². The Morgan fingerprint density at radius 2 is 1.90 bits per heavy atom. The molecule has 0 saturated heterocycles. The zero-order valence-electron chi connectivity index (χ0n) is 11.9. The molecule has 0 saturated carbocycles. The number of carbonyl (C=O) groups is 1. The number of aromatic carboxylic acids is 1. The van der Waals surface area contributed by atoms with Crippen LogP contribution in [-0.2, 0) is 6.18 Å². The van der Waals surface area contributed by atoms with Crippen LogP contribution in [-0.4, -0.2) is 42.2 Å². The van der Waals surface area contributed by atoms with Crippen molar-refractivity contribution in [1.82, 2.24) is 4.90 Å². The smallest absolute Gasteiger partial charge is 0.417 e. The maximum Gasteiger partial charge on any atom is 0.417 e. The van der Waals surface area contributed by atoms with Crippen LogP contribution in [0.1, 0.15) is 29.8 Å². The Morgan fingerprint density at radius 3 is 2.38 bits per heavy atom. The van der Waals surface area contributed by atoms with Crippen molar-refractivity contribution in [2.24, 2.45) is 0 Å². The van der Waals surface area contributed by atoms with Crippen LogP contribution < -0.4 is 4.74 Å². The molecular weight excluding hydrogens is 287 g/mol. The fourth-order valence-electron chi connectivity index (χ4n) is 1.87. The molecule has 0 amide bonds. The Morgan fingerprint density at radius 1 is 1.29 bits per heavy atom. The molecule has 0 heterocycles. The fraction of sp³-hybridized carbons (Fsp3) is 0.500. The van der Waals surface area contributed by atoms with E-state index in [0.29, 0.717) is 6.54 Å². The molecule has 0 bridgehead atoms. The second kappa shape index (κ2) is 7.31. The van der Waals surface area contributed by atoms with Gasteiger partial charge in [0, 0.05) is 6.54 Å². The fourth-order valence-corrected chi connectivity index (χ4v) is 1.87. The van der Waals surface area contributed by atoms with Crippen molar-refractivity contribution in [3.8, 4) is 5.75 Å². The monoisotopic (exact) mass is 305 g/mol. The molecule has 0 aliphatic carbocycles. The van der Waals surface area contributed by atoms with Crippen LogP contribution in [0.3, 0.4) is 0 Å². The highest BCUT2D eigenvalue weighted by Gasteiger charge is 2.35. The van der Waals surface area contributed by atoms with Gasteiger partial charge in [0.25, 0.3) is 0 Å². The Bertz CT molecular complexity index is 485. The van der Waals surface area contributed by atoms with Gasteiger partial charge >= 0.3 is 12.1 Å². The number of nitrogens with zero attached hydrogens (tertiary/aromatic N) is 1. The van der Waals surface area contributed by atoms with Crippen molar-refractivity contribution in [3.05, 3.63) is 29.3 Å². The van der Waals surface area contributed by atoms with E-state index in [9.17, 15) is 18.0 Å². The molecule has 118 valence electrons. The average molecular weight is 305 g/mol. The molecule has 0 atom stereocenters. The molecule has 0 radical (unpaired) electrons. The summed E-state index contributed by atoms with van der Waals surface area (Å²) >= 11 is 0. The summed E-state index contributed by atoms with van der Waals surface area (Å²) in [6, 6.07) is 2.78. The van der Waals surface area contributed by atoms with Crippen molar-refractivity contribution < 1.29 is 27.8 Å². The van der Waals surface area contributed by atoms with Crippen molar-refractivity contribution in [2.75, 3.05) is 26.2 Å². The Labute approximate surface area is 121 Å². The molecule has 7 heteroatoms. The standard InChI is InChI=1S/C14H18F3NO3/c1-3-18(4-2)7-8-21-10-5-6-12(14(15,16)17)11(9-10)13(19)20/h5-6,9H,3-4,7-8H2,1-2H3,(H,19,20). The average Bonchev–Trinajstić information content (AvgIpc) is 2.42. The minimum absolute atomic E-state index is 0.118. The summed E-state index contributed by atoms with van der Waals surface area (Å²) in [6.45, 7) is 6.57. The van der Waals surface area contributed by atoms with Crippen LogP contribution in [0.25, 0.3) is 0 Å². The molecule has 1 aromatic rings. The van der Waals surface area contributed by atoms with Crippen molar-refractivity contribution in [2.45, 2.75) is 20.0 Å². The lowest BCUT2D eigenvalue weighted by atomic mass is 10.1. The zero-order chi connectivity index (χ0) is 16.0. The van der Waals surface area contributed by atoms with E-state index < -0.39 is 23.3 Å². The summed E-state index contributed by atoms with van der Waals surface area (Å²) in [6.07, 6.45) is -4.70. The molecule has 4 nitrogen and oxygen atoms in total. The summed E-state index contributed by atoms with van der Waals surface area (Å²) in [4.78, 5) is 13.0. The maximum absolute atomic E-state index is 12.7. The molecule has 21 heavy (non-hydrogen) atoms. The summed E-state index contributed by atoms with van der Waals surface area (Å²) in [7, 11) is 0. The third-order valence-corrected chi connectivity index (χ3v) is 3.10. The number of halogens is 3. The quantitative estimate of drug-likeness (QED) is 0.841. The van der Waals surface area contributed by atoms with Gasteiger partial charge in [0.1, 0.15) is 12.4 Å². The van der Waals surface area contributed by atoms with Crippen LogP contribution in [0.2, 0.25) is 0 Å². The molecule has 0 spiro atoms. The van der Waals surface area contributed by atoms with Gasteiger partial charge in [0.15, 0.2) is 0 Å². The highest BCUT2D eigenvalue weighted by atomic mass is 19.4. The summed E-state index contributed by atoms with van der Waals surface area (Å²) in [5.41, 5.74) is -1.98. The largest absolute Gasteiger partial charge is 0.492 e. The van der Waals surface area contributed by atoms with Crippen molar-refractivity contribution in [3.63, 3.8) is 0 Å². The van der Waals surface area contributed by atoms with Crippen molar-refractivity contribution >= 4 is 5.97 Å². The summed E-state index contributed by atoms with van der Waals surface area (Å²) < 4.78 is 43.4. The zero-order valence-corrected chi connectivity index (χ0v) is 11.9. The van der Waals surface area contributed by atoms with Crippen LogP contribution in [0.15, 0.2) is 18.2 Å². The topological polar surface area (TPSA) is 49.8 Å². The van der Waals surface area contributed by atoms with Crippen LogP contribution >= 0.6 is 0 Å². The second-order valence-corrected chi connectivity index (χ2v) is 4.39. The molecule has 0 aliphatic heterocycles. The number of benzene rings is 1. The number of rotatable bonds is 7. The Balaban J connectivity index is 2.82. The van der Waals surface area contributed by atoms with E-state index in [2.05, 4.69) is 4.90 Å². The third-order valence-electron chi connectivity index (χ3n) is 3.10. The maximum atomic E-state index is 12.7. The molecule has 1 rings (SSSR count). The van der Waals surface area contributed by atoms with E-state index >= 15 is 0 Å². The van der Waals surface area contributed by atoms with E-state index in [1.807, 2.05) is 13.8 Å². The minimum Gasteiger partial charge on any atom is -0.492 e. The summed E-state index contributed by atoms with van der Waals surface area (Å²) in [5, 5.41) is 8.88. The van der Waals surface area contributed by atoms with E-state index in [1.165, 1.54) is 0 Å². The lowest BCUT2D eigenvalue weighted by Gasteiger charge is -2.18. The number of hydrogen-bond donors (Lipinski definition) is 1. The van der Waals surface area contributed by atoms with Gasteiger partial charge in [-0.05, 0) is 31.3 Å². The van der Waals surface area contributed by atoms with E-state index in [0.717, 1.165) is 31.3 Å². The number of carboxylic acid groups (broad SMARTS) is 1. The Hall–Kier alpha value is -1.76. The second-order valence-electron chi connectivity index (χ2n) is 4.39. The first kappa shape index (κ1) is 17.3. The lowest BCUT2D eigenvalue weighted by molar-refractivity contribution is -0.138. The number of ether oxygens (including phenoxy) is 1. The Kier molecular flexibility index (Phi) is 6.02. The first-order chi connectivity index (χ1) is 9.79. The van der Waals surface area contributed by atoms with Gasteiger partial charge < -0.3 is 14.7 Å². The highest BCUT2D eigenvalue weighted by Crippen LogP contribution is 2.33. The highest BCUT2D eigenvalue weighted by molar-refractivity contribution is 5.90. The minimum atomic E-state index is -4.70. The molecule has 0 unspecified atom stereocenters. The lowest BCUT2D eigenvalue weighted by Crippen LogP contribution is -2.28. The molecule has 1 N–H and O–H groups in total. The first-order valence-electron chi connectivity index (χ1n) is 6.59. The number of alkyl halides is 3. The first-order valence-corrected chi connectivity index (χ1v) is 6.59. The third kappa shape index (κ3) is 4.93. The van der Waals surface area contributed by atoms with Crippen molar-refractivity contribution in [1.29, 1.82) is 0 Å². The van der Waals surface area contributed by atoms with Gasteiger partial charge in [0.2, 0.25) is 0 Å². The number of hydrogen-bond acceptors (Lipinski definition) is 3. The predicted molar refractivity (Wildman–Crippen MR) is 71.7 cm³/mol. The molecule has 1 aromatic carbocycles. The van der Waals surface area contributed by atoms with Gasteiger partial charge in [-0.25, -0.2) is 4.79 Å². The van der Waals surface area contributed by atoms with Gasteiger partial charge in [0.05, 0.1) is 11.1 Å². The van der Waals surface area contributed by atoms with Crippen LogP contribution in [0.4, 0.5) is 13.2 Å². The van der Waals surface area contributed by atoms with Gasteiger partial charge in [-0.15, -0.1) is 0 Å². The van der Waals surface area contributed by atoms with Crippen LogP contribution in [0.5, 0.6) is 5.75 Å². The van der Waals surface area contributed by atoms with Crippen LogP contribution in [0, 0.1) is 0 Å². The molecule has 0 aromatic heterocycles. The SMILES string of the molecule is CCN(CC)CCOc1ccc(C(F)(F)F)c(C(=O)O)c1. The summed E-state index contributed by atoms with van der Waals surface area (Å²) in [5.74, 6) is -1.51. The number of carboxylic acids is 1.